The number of hydrogen-bond donors (Lipinski definition) is 0. The molecule has 2 aromatic carbocycles. The number of carbonyl (C=O) groups excluding carboxylic acids is 2. The van der Waals surface area contributed by atoms with Crippen molar-refractivity contribution >= 4 is 11.9 Å². The predicted molar refractivity (Wildman–Crippen MR) is 106 cm³/mol. The highest BCUT2D eigenvalue weighted by atomic mass is 19.4. The van der Waals surface area contributed by atoms with Gasteiger partial charge in [-0.3, -0.25) is 0 Å². The van der Waals surface area contributed by atoms with E-state index < -0.39 is 29.6 Å². The zero-order valence-corrected chi connectivity index (χ0v) is 16.8. The molecule has 1 aliphatic heterocycles. The van der Waals surface area contributed by atoms with Crippen molar-refractivity contribution in [3.8, 4) is 0 Å². The molecule has 0 atom stereocenters. The first-order valence-corrected chi connectivity index (χ1v) is 9.31. The quantitative estimate of drug-likeness (QED) is 0.656. The van der Waals surface area contributed by atoms with E-state index in [2.05, 4.69) is 0 Å². The highest BCUT2D eigenvalue weighted by Crippen LogP contribution is 2.39. The summed E-state index contributed by atoms with van der Waals surface area (Å²) in [5, 5.41) is 0. The molecule has 0 aromatic heterocycles. The molecule has 0 fully saturated rings. The number of carbonyl (C=O) groups is 2. The lowest BCUT2D eigenvalue weighted by atomic mass is 9.82. The molecule has 31 heavy (non-hydrogen) atoms. The Bertz CT molecular complexity index is 995. The molecule has 0 aliphatic carbocycles. The third-order valence-electron chi connectivity index (χ3n) is 4.83. The van der Waals surface area contributed by atoms with Crippen LogP contribution in [0.5, 0.6) is 0 Å². The Kier molecular flexibility index (Phi) is 6.48. The lowest BCUT2D eigenvalue weighted by Crippen LogP contribution is -2.28. The Balaban J connectivity index is 2.11. The summed E-state index contributed by atoms with van der Waals surface area (Å²) < 4.78 is 49.5. The summed E-state index contributed by atoms with van der Waals surface area (Å²) in [7, 11) is 2.34. The number of alkyl halides is 3. The van der Waals surface area contributed by atoms with Gasteiger partial charge >= 0.3 is 18.1 Å². The Morgan fingerprint density at radius 2 is 1.48 bits per heavy atom. The molecule has 0 N–H and O–H groups in total. The van der Waals surface area contributed by atoms with E-state index >= 15 is 0 Å². The minimum absolute atomic E-state index is 0.0284. The lowest BCUT2D eigenvalue weighted by Gasteiger charge is -2.30. The minimum atomic E-state index is -4.58. The van der Waals surface area contributed by atoms with Crippen molar-refractivity contribution < 1.29 is 32.2 Å². The van der Waals surface area contributed by atoms with E-state index in [1.165, 1.54) is 38.8 Å². The summed E-state index contributed by atoms with van der Waals surface area (Å²) in [6.07, 6.45) is -1.61. The van der Waals surface area contributed by atoms with E-state index in [0.717, 1.165) is 17.7 Å². The van der Waals surface area contributed by atoms with Gasteiger partial charge in [0.25, 0.3) is 0 Å². The number of esters is 2. The molecular weight excluding hydrogens is 411 g/mol. The summed E-state index contributed by atoms with van der Waals surface area (Å²) in [6.45, 7) is 0.330. The number of nitrogens with zero attached hydrogens (tertiary/aromatic N) is 1. The maximum atomic E-state index is 13.3. The Labute approximate surface area is 177 Å². The molecule has 2 aromatic rings. The van der Waals surface area contributed by atoms with Crippen LogP contribution in [0.25, 0.3) is 0 Å². The van der Waals surface area contributed by atoms with Crippen LogP contribution in [0.2, 0.25) is 0 Å². The second-order valence-electron chi connectivity index (χ2n) is 6.87. The van der Waals surface area contributed by atoms with Gasteiger partial charge in [0.05, 0.1) is 36.8 Å². The van der Waals surface area contributed by atoms with Crippen LogP contribution in [0.15, 0.2) is 78.1 Å². The minimum Gasteiger partial charge on any atom is -0.466 e. The zero-order chi connectivity index (χ0) is 22.6. The molecule has 0 radical (unpaired) electrons. The molecule has 8 heteroatoms. The third kappa shape index (κ3) is 4.96. The summed E-state index contributed by atoms with van der Waals surface area (Å²) >= 11 is 0. The second-order valence-corrected chi connectivity index (χ2v) is 6.87. The number of hydrogen-bond acceptors (Lipinski definition) is 5. The van der Waals surface area contributed by atoms with E-state index in [-0.39, 0.29) is 16.7 Å². The Morgan fingerprint density at radius 1 is 0.903 bits per heavy atom. The molecule has 1 aliphatic rings. The van der Waals surface area contributed by atoms with Gasteiger partial charge < -0.3 is 14.4 Å². The summed E-state index contributed by atoms with van der Waals surface area (Å²) in [5.74, 6) is -2.58. The van der Waals surface area contributed by atoms with Gasteiger partial charge in [-0.05, 0) is 17.2 Å². The normalized spacial score (nSPS) is 14.5. The standard InChI is InChI=1S/C23H20F3NO4/c1-30-21(28)18-13-27(12-15-7-4-3-5-8-15)14-19(22(29)31-2)20(18)16-9-6-10-17(11-16)23(24,25)26/h3-11,13-14,20H,12H2,1-2H3. The molecule has 0 spiro atoms. The molecule has 3 rings (SSSR count). The molecular formula is C23H20F3NO4. The number of methoxy groups -OCH3 is 2. The van der Waals surface area contributed by atoms with Crippen LogP contribution in [0.3, 0.4) is 0 Å². The zero-order valence-electron chi connectivity index (χ0n) is 16.8. The first kappa shape index (κ1) is 22.1. The molecule has 0 saturated carbocycles. The van der Waals surface area contributed by atoms with Gasteiger partial charge in [0.2, 0.25) is 0 Å². The molecule has 0 saturated heterocycles. The first-order valence-electron chi connectivity index (χ1n) is 9.31. The van der Waals surface area contributed by atoms with Gasteiger partial charge in [-0.15, -0.1) is 0 Å². The van der Waals surface area contributed by atoms with E-state index in [1.807, 2.05) is 30.3 Å². The number of ether oxygens (including phenoxy) is 2. The summed E-state index contributed by atoms with van der Waals surface area (Å²) in [6, 6.07) is 13.8. The molecule has 162 valence electrons. The smallest absolute Gasteiger partial charge is 0.416 e. The van der Waals surface area contributed by atoms with Crippen LogP contribution in [-0.4, -0.2) is 31.1 Å². The fourth-order valence-corrected chi connectivity index (χ4v) is 3.43. The van der Waals surface area contributed by atoms with Crippen molar-refractivity contribution in [2.45, 2.75) is 18.6 Å². The SMILES string of the molecule is COC(=O)C1=CN(Cc2ccccc2)C=C(C(=O)OC)C1c1cccc(C(F)(F)F)c1. The molecule has 1 heterocycles. The highest BCUT2D eigenvalue weighted by Gasteiger charge is 2.37. The number of rotatable bonds is 5. The first-order chi connectivity index (χ1) is 14.7. The van der Waals surface area contributed by atoms with Gasteiger partial charge in [-0.25, -0.2) is 9.59 Å². The van der Waals surface area contributed by atoms with E-state index in [0.29, 0.717) is 6.54 Å². The summed E-state index contributed by atoms with van der Waals surface area (Å²) in [4.78, 5) is 26.7. The monoisotopic (exact) mass is 431 g/mol. The Morgan fingerprint density at radius 3 is 2.00 bits per heavy atom. The van der Waals surface area contributed by atoms with Crippen molar-refractivity contribution in [1.82, 2.24) is 4.90 Å². The Hall–Kier alpha value is -3.55. The van der Waals surface area contributed by atoms with Crippen LogP contribution in [0, 0.1) is 0 Å². The molecule has 0 unspecified atom stereocenters. The third-order valence-corrected chi connectivity index (χ3v) is 4.83. The van der Waals surface area contributed by atoms with E-state index in [4.69, 9.17) is 9.47 Å². The van der Waals surface area contributed by atoms with Crippen molar-refractivity contribution in [3.05, 3.63) is 94.8 Å². The highest BCUT2D eigenvalue weighted by molar-refractivity contribution is 5.98. The van der Waals surface area contributed by atoms with E-state index in [1.54, 1.807) is 4.90 Å². The number of benzene rings is 2. The fourth-order valence-electron chi connectivity index (χ4n) is 3.43. The van der Waals surface area contributed by atoms with Gasteiger partial charge in [-0.2, -0.15) is 13.2 Å². The number of halogens is 3. The van der Waals surface area contributed by atoms with Crippen molar-refractivity contribution in [3.63, 3.8) is 0 Å². The molecule has 0 bridgehead atoms. The van der Waals surface area contributed by atoms with Crippen molar-refractivity contribution in [1.29, 1.82) is 0 Å². The molecule has 5 nitrogen and oxygen atoms in total. The molecule has 0 amide bonds. The van der Waals surface area contributed by atoms with E-state index in [9.17, 15) is 22.8 Å². The van der Waals surface area contributed by atoms with Gasteiger partial charge in [0, 0.05) is 18.9 Å². The lowest BCUT2D eigenvalue weighted by molar-refractivity contribution is -0.138. The maximum Gasteiger partial charge on any atom is 0.416 e. The van der Waals surface area contributed by atoms with Crippen molar-refractivity contribution in [2.24, 2.45) is 0 Å². The van der Waals surface area contributed by atoms with Crippen LogP contribution in [-0.2, 0) is 31.8 Å². The maximum absolute atomic E-state index is 13.3. The average molecular weight is 431 g/mol. The average Bonchev–Trinajstić information content (AvgIpc) is 2.77. The summed E-state index contributed by atoms with van der Waals surface area (Å²) in [5.41, 5.74) is 0.204. The van der Waals surface area contributed by atoms with Gasteiger partial charge in [-0.1, -0.05) is 48.5 Å². The topological polar surface area (TPSA) is 55.8 Å². The largest absolute Gasteiger partial charge is 0.466 e. The van der Waals surface area contributed by atoms with Crippen LogP contribution >= 0.6 is 0 Å². The van der Waals surface area contributed by atoms with Gasteiger partial charge in [0.15, 0.2) is 0 Å². The second kappa shape index (κ2) is 9.07. The predicted octanol–water partition coefficient (Wildman–Crippen LogP) is 4.42. The fraction of sp³-hybridized carbons (Fsp3) is 0.217. The van der Waals surface area contributed by atoms with Crippen LogP contribution < -0.4 is 0 Å². The van der Waals surface area contributed by atoms with Crippen LogP contribution in [0.4, 0.5) is 13.2 Å². The van der Waals surface area contributed by atoms with Crippen molar-refractivity contribution in [2.75, 3.05) is 14.2 Å². The van der Waals surface area contributed by atoms with Gasteiger partial charge in [0.1, 0.15) is 0 Å². The van der Waals surface area contributed by atoms with Crippen LogP contribution in [0.1, 0.15) is 22.6 Å².